The Hall–Kier alpha value is -3.87. The van der Waals surface area contributed by atoms with Crippen LogP contribution in [0.15, 0.2) is 66.7 Å². The van der Waals surface area contributed by atoms with Crippen LogP contribution in [0.2, 0.25) is 0 Å². The first-order chi connectivity index (χ1) is 14.6. The van der Waals surface area contributed by atoms with Crippen molar-refractivity contribution in [3.8, 4) is 28.7 Å². The largest absolute Gasteiger partial charge is 0.493 e. The average molecular weight is 408 g/mol. The molecular formula is C23H24N2O5. The van der Waals surface area contributed by atoms with Gasteiger partial charge in [0.1, 0.15) is 11.5 Å². The Morgan fingerprint density at radius 3 is 1.93 bits per heavy atom. The minimum Gasteiger partial charge on any atom is -0.493 e. The molecule has 0 spiro atoms. The van der Waals surface area contributed by atoms with E-state index in [1.165, 1.54) is 7.11 Å². The number of methoxy groups -OCH3 is 3. The first kappa shape index (κ1) is 20.9. The van der Waals surface area contributed by atoms with Crippen LogP contribution in [0.5, 0.6) is 28.7 Å². The monoisotopic (exact) mass is 408 g/mol. The van der Waals surface area contributed by atoms with Gasteiger partial charge in [-0.1, -0.05) is 18.2 Å². The van der Waals surface area contributed by atoms with E-state index in [1.807, 2.05) is 30.3 Å². The van der Waals surface area contributed by atoms with Crippen LogP contribution < -0.4 is 29.6 Å². The summed E-state index contributed by atoms with van der Waals surface area (Å²) < 4.78 is 21.7. The summed E-state index contributed by atoms with van der Waals surface area (Å²) in [4.78, 5) is 12.3. The number of nitrogens with one attached hydrogen (secondary N) is 2. The Kier molecular flexibility index (Phi) is 7.00. The fraction of sp³-hybridized carbons (Fsp3) is 0.174. The normalized spacial score (nSPS) is 10.1. The minimum atomic E-state index is -0.194. The van der Waals surface area contributed by atoms with Crippen molar-refractivity contribution in [1.29, 1.82) is 0 Å². The molecule has 30 heavy (non-hydrogen) atoms. The molecule has 156 valence electrons. The van der Waals surface area contributed by atoms with E-state index in [1.54, 1.807) is 50.6 Å². The molecule has 0 aliphatic rings. The minimum absolute atomic E-state index is 0.0703. The fourth-order valence-corrected chi connectivity index (χ4v) is 2.80. The predicted octanol–water partition coefficient (Wildman–Crippen LogP) is 4.56. The molecule has 0 saturated heterocycles. The number of carbonyl (C=O) groups excluding carboxylic acids is 1. The van der Waals surface area contributed by atoms with Crippen LogP contribution in [-0.4, -0.2) is 33.8 Å². The fourth-order valence-electron chi connectivity index (χ4n) is 2.80. The van der Waals surface area contributed by atoms with Crippen LogP contribution in [0.25, 0.3) is 0 Å². The Balaban J connectivity index is 1.57. The van der Waals surface area contributed by atoms with Crippen molar-refractivity contribution < 1.29 is 23.7 Å². The summed E-state index contributed by atoms with van der Waals surface area (Å²) in [6, 6.07) is 20.2. The average Bonchev–Trinajstić information content (AvgIpc) is 2.78. The van der Waals surface area contributed by atoms with E-state index in [0.29, 0.717) is 34.4 Å². The molecule has 0 atom stereocenters. The molecule has 0 aromatic heterocycles. The number of ether oxygens (including phenoxy) is 4. The SMILES string of the molecule is COc1cc(NCC(=O)Nc2ccc(Oc3ccccc3)cc2)cc(OC)c1OC. The van der Waals surface area contributed by atoms with E-state index in [4.69, 9.17) is 18.9 Å². The molecule has 0 unspecified atom stereocenters. The Morgan fingerprint density at radius 2 is 1.37 bits per heavy atom. The molecule has 7 nitrogen and oxygen atoms in total. The molecule has 0 fully saturated rings. The highest BCUT2D eigenvalue weighted by molar-refractivity contribution is 5.93. The zero-order chi connectivity index (χ0) is 21.3. The quantitative estimate of drug-likeness (QED) is 0.541. The molecule has 1 amide bonds. The maximum absolute atomic E-state index is 12.3. The van der Waals surface area contributed by atoms with Gasteiger partial charge in [-0.25, -0.2) is 0 Å². The lowest BCUT2D eigenvalue weighted by Crippen LogP contribution is -2.21. The van der Waals surface area contributed by atoms with Gasteiger partial charge in [-0.15, -0.1) is 0 Å². The summed E-state index contributed by atoms with van der Waals surface area (Å²) in [5.74, 6) is 2.76. The molecule has 7 heteroatoms. The first-order valence-corrected chi connectivity index (χ1v) is 9.29. The van der Waals surface area contributed by atoms with Crippen LogP contribution in [0.3, 0.4) is 0 Å². The summed E-state index contributed by atoms with van der Waals surface area (Å²) >= 11 is 0. The third kappa shape index (κ3) is 5.35. The van der Waals surface area contributed by atoms with Crippen molar-refractivity contribution in [3.63, 3.8) is 0 Å². The number of amides is 1. The number of rotatable bonds is 9. The molecule has 0 aliphatic heterocycles. The van der Waals surface area contributed by atoms with E-state index in [9.17, 15) is 4.79 Å². The van der Waals surface area contributed by atoms with Gasteiger partial charge in [0.25, 0.3) is 0 Å². The van der Waals surface area contributed by atoms with Crippen LogP contribution in [-0.2, 0) is 4.79 Å². The Bertz CT molecular complexity index is 950. The number of hydrogen-bond donors (Lipinski definition) is 2. The zero-order valence-corrected chi connectivity index (χ0v) is 17.1. The lowest BCUT2D eigenvalue weighted by Gasteiger charge is -2.15. The highest BCUT2D eigenvalue weighted by Crippen LogP contribution is 2.39. The van der Waals surface area contributed by atoms with Crippen LogP contribution >= 0.6 is 0 Å². The van der Waals surface area contributed by atoms with Gasteiger partial charge < -0.3 is 29.6 Å². The first-order valence-electron chi connectivity index (χ1n) is 9.29. The van der Waals surface area contributed by atoms with Gasteiger partial charge in [-0.05, 0) is 36.4 Å². The van der Waals surface area contributed by atoms with E-state index < -0.39 is 0 Å². The van der Waals surface area contributed by atoms with Crippen LogP contribution in [0, 0.1) is 0 Å². The van der Waals surface area contributed by atoms with Gasteiger partial charge in [-0.3, -0.25) is 4.79 Å². The van der Waals surface area contributed by atoms with Crippen molar-refractivity contribution in [2.75, 3.05) is 38.5 Å². The van der Waals surface area contributed by atoms with Gasteiger partial charge in [0, 0.05) is 23.5 Å². The van der Waals surface area contributed by atoms with E-state index in [0.717, 1.165) is 5.75 Å². The molecule has 0 radical (unpaired) electrons. The zero-order valence-electron chi connectivity index (χ0n) is 17.1. The van der Waals surface area contributed by atoms with Gasteiger partial charge in [0.15, 0.2) is 11.5 Å². The van der Waals surface area contributed by atoms with E-state index in [2.05, 4.69) is 10.6 Å². The summed E-state index contributed by atoms with van der Waals surface area (Å²) in [6.45, 7) is 0.0703. The number of benzene rings is 3. The number of carbonyl (C=O) groups is 1. The smallest absolute Gasteiger partial charge is 0.243 e. The molecule has 3 aromatic rings. The molecule has 0 bridgehead atoms. The second-order valence-corrected chi connectivity index (χ2v) is 6.26. The van der Waals surface area contributed by atoms with Crippen molar-refractivity contribution in [3.05, 3.63) is 66.7 Å². The second kappa shape index (κ2) is 10.1. The van der Waals surface area contributed by atoms with Crippen molar-refractivity contribution in [1.82, 2.24) is 0 Å². The molecule has 0 heterocycles. The summed E-state index contributed by atoms with van der Waals surface area (Å²) in [5, 5.41) is 5.90. The topological polar surface area (TPSA) is 78.1 Å². The standard InChI is InChI=1S/C23H24N2O5/c1-27-20-13-17(14-21(28-2)23(20)29-3)24-15-22(26)25-16-9-11-19(12-10-16)30-18-7-5-4-6-8-18/h4-14,24H,15H2,1-3H3,(H,25,26). The molecule has 3 aromatic carbocycles. The van der Waals surface area contributed by atoms with Gasteiger partial charge in [0.2, 0.25) is 11.7 Å². The molecule has 0 saturated carbocycles. The second-order valence-electron chi connectivity index (χ2n) is 6.26. The van der Waals surface area contributed by atoms with Crippen molar-refractivity contribution in [2.45, 2.75) is 0 Å². The number of anilines is 2. The maximum atomic E-state index is 12.3. The van der Waals surface area contributed by atoms with E-state index in [-0.39, 0.29) is 12.5 Å². The highest BCUT2D eigenvalue weighted by atomic mass is 16.5. The Morgan fingerprint density at radius 1 is 0.767 bits per heavy atom. The van der Waals surface area contributed by atoms with Gasteiger partial charge in [0.05, 0.1) is 27.9 Å². The van der Waals surface area contributed by atoms with Gasteiger partial charge in [-0.2, -0.15) is 0 Å². The van der Waals surface area contributed by atoms with Crippen LogP contribution in [0.4, 0.5) is 11.4 Å². The summed E-state index contributed by atoms with van der Waals surface area (Å²) in [6.07, 6.45) is 0. The van der Waals surface area contributed by atoms with Crippen molar-refractivity contribution in [2.24, 2.45) is 0 Å². The summed E-state index contributed by atoms with van der Waals surface area (Å²) in [7, 11) is 4.62. The van der Waals surface area contributed by atoms with Crippen molar-refractivity contribution >= 4 is 17.3 Å². The molecule has 2 N–H and O–H groups in total. The van der Waals surface area contributed by atoms with Gasteiger partial charge >= 0.3 is 0 Å². The highest BCUT2D eigenvalue weighted by Gasteiger charge is 2.13. The summed E-state index contributed by atoms with van der Waals surface area (Å²) in [5.41, 5.74) is 1.35. The van der Waals surface area contributed by atoms with E-state index >= 15 is 0 Å². The number of para-hydroxylation sites is 1. The molecule has 0 aliphatic carbocycles. The van der Waals surface area contributed by atoms with Crippen LogP contribution in [0.1, 0.15) is 0 Å². The molecular weight excluding hydrogens is 384 g/mol. The lowest BCUT2D eigenvalue weighted by atomic mass is 10.2. The maximum Gasteiger partial charge on any atom is 0.243 e. The third-order valence-corrected chi connectivity index (χ3v) is 4.23. The Labute approximate surface area is 175 Å². The third-order valence-electron chi connectivity index (χ3n) is 4.23. The predicted molar refractivity (Wildman–Crippen MR) is 116 cm³/mol. The number of hydrogen-bond acceptors (Lipinski definition) is 6. The lowest BCUT2D eigenvalue weighted by molar-refractivity contribution is -0.114. The molecule has 3 rings (SSSR count).